The Hall–Kier alpha value is -0.480. The maximum atomic E-state index is 11.4. The first-order chi connectivity index (χ1) is 7.09. The Morgan fingerprint density at radius 3 is 2.93 bits per heavy atom. The summed E-state index contributed by atoms with van der Waals surface area (Å²) in [5, 5.41) is 0. The molecule has 15 heavy (non-hydrogen) atoms. The van der Waals surface area contributed by atoms with Crippen LogP contribution in [0.5, 0.6) is 0 Å². The highest BCUT2D eigenvalue weighted by atomic mass is 79.9. The van der Waals surface area contributed by atoms with Gasteiger partial charge in [0.1, 0.15) is 0 Å². The molecular weight excluding hydrogens is 274 g/mol. The van der Waals surface area contributed by atoms with Gasteiger partial charge in [0.25, 0.3) is 0 Å². The molecule has 0 saturated carbocycles. The second-order valence-corrected chi connectivity index (χ2v) is 5.04. The van der Waals surface area contributed by atoms with Gasteiger partial charge in [-0.3, -0.25) is 4.79 Å². The average molecular weight is 286 g/mol. The molecule has 0 atom stereocenters. The average Bonchev–Trinajstić information content (AvgIpc) is 2.18. The number of nitrogens with zero attached hydrogens (tertiary/aromatic N) is 1. The molecule has 0 fully saturated rings. The van der Waals surface area contributed by atoms with Gasteiger partial charge in [0.2, 0.25) is 5.91 Å². The third-order valence-corrected chi connectivity index (χ3v) is 3.98. The largest absolute Gasteiger partial charge is 0.312 e. The van der Waals surface area contributed by atoms with E-state index in [0.29, 0.717) is 0 Å². The van der Waals surface area contributed by atoms with Crippen molar-refractivity contribution in [1.82, 2.24) is 0 Å². The molecule has 1 aliphatic rings. The molecular formula is C11H12BrNOS. The zero-order chi connectivity index (χ0) is 11.0. The highest BCUT2D eigenvalue weighted by Crippen LogP contribution is 2.34. The lowest BCUT2D eigenvalue weighted by Gasteiger charge is -2.29. The summed E-state index contributed by atoms with van der Waals surface area (Å²) in [6.45, 7) is 2.42. The number of aryl methyl sites for hydroxylation is 1. The van der Waals surface area contributed by atoms with Gasteiger partial charge in [0.05, 0.1) is 0 Å². The van der Waals surface area contributed by atoms with Crippen LogP contribution in [0.3, 0.4) is 0 Å². The smallest absolute Gasteiger partial charge is 0.223 e. The fourth-order valence-corrected chi connectivity index (χ4v) is 2.50. The van der Waals surface area contributed by atoms with Crippen molar-refractivity contribution in [3.8, 4) is 0 Å². The van der Waals surface area contributed by atoms with Crippen molar-refractivity contribution in [3.63, 3.8) is 0 Å². The number of rotatable bonds is 0. The van der Waals surface area contributed by atoms with Gasteiger partial charge in [-0.25, -0.2) is 0 Å². The van der Waals surface area contributed by atoms with E-state index in [4.69, 9.17) is 0 Å². The number of amides is 1. The van der Waals surface area contributed by atoms with E-state index in [1.807, 2.05) is 11.0 Å². The van der Waals surface area contributed by atoms with Crippen LogP contribution in [0, 0.1) is 0 Å². The number of halogens is 1. The van der Waals surface area contributed by atoms with Gasteiger partial charge in [-0.05, 0) is 46.5 Å². The van der Waals surface area contributed by atoms with Crippen LogP contribution in [0.4, 0.5) is 5.69 Å². The highest BCUT2D eigenvalue weighted by Gasteiger charge is 2.20. The van der Waals surface area contributed by atoms with Crippen molar-refractivity contribution < 1.29 is 4.79 Å². The Morgan fingerprint density at radius 2 is 2.27 bits per heavy atom. The highest BCUT2D eigenvalue weighted by molar-refractivity contribution is 9.10. The maximum Gasteiger partial charge on any atom is 0.223 e. The molecule has 0 radical (unpaired) electrons. The third-order valence-electron chi connectivity index (χ3n) is 2.65. The van der Waals surface area contributed by atoms with Gasteiger partial charge in [-0.2, -0.15) is 0 Å². The lowest BCUT2D eigenvalue weighted by atomic mass is 10.0. The van der Waals surface area contributed by atoms with Crippen LogP contribution in [0.2, 0.25) is 0 Å². The van der Waals surface area contributed by atoms with Crippen molar-refractivity contribution in [1.29, 1.82) is 0 Å². The summed E-state index contributed by atoms with van der Waals surface area (Å²) in [4.78, 5) is 14.1. The van der Waals surface area contributed by atoms with Gasteiger partial charge in [0, 0.05) is 28.5 Å². The molecule has 2 rings (SSSR count). The number of hydrogen-bond donors (Lipinski definition) is 1. The Balaban J connectivity index is 2.51. The van der Waals surface area contributed by atoms with E-state index >= 15 is 0 Å². The fourth-order valence-electron chi connectivity index (χ4n) is 1.92. The predicted molar refractivity (Wildman–Crippen MR) is 67.7 cm³/mol. The molecule has 1 aromatic rings. The fraction of sp³-hybridized carbons (Fsp3) is 0.364. The molecule has 4 heteroatoms. The van der Waals surface area contributed by atoms with Crippen LogP contribution in [0.1, 0.15) is 18.9 Å². The standard InChI is InChI=1S/C11H12BrNOS/c1-7(14)13-4-2-3-8-5-9(12)11(15)6-10(8)13/h5-6,15H,2-4H2,1H3. The molecule has 0 spiro atoms. The van der Waals surface area contributed by atoms with Crippen LogP contribution in [-0.2, 0) is 11.2 Å². The molecule has 0 aliphatic carbocycles. The Morgan fingerprint density at radius 1 is 1.53 bits per heavy atom. The van der Waals surface area contributed by atoms with Crippen LogP contribution < -0.4 is 4.90 Å². The maximum absolute atomic E-state index is 11.4. The van der Waals surface area contributed by atoms with Gasteiger partial charge in [-0.1, -0.05) is 0 Å². The minimum Gasteiger partial charge on any atom is -0.312 e. The van der Waals surface area contributed by atoms with Gasteiger partial charge < -0.3 is 4.90 Å². The SMILES string of the molecule is CC(=O)N1CCCc2cc(Br)c(S)cc21. The molecule has 1 aliphatic heterocycles. The molecule has 0 unspecified atom stereocenters. The zero-order valence-corrected chi connectivity index (χ0v) is 10.9. The minimum absolute atomic E-state index is 0.103. The van der Waals surface area contributed by atoms with E-state index in [-0.39, 0.29) is 5.91 Å². The molecule has 1 aromatic carbocycles. The summed E-state index contributed by atoms with van der Waals surface area (Å²) in [5.41, 5.74) is 2.24. The lowest BCUT2D eigenvalue weighted by Crippen LogP contribution is -2.33. The quantitative estimate of drug-likeness (QED) is 0.727. The van der Waals surface area contributed by atoms with Crippen LogP contribution in [0.25, 0.3) is 0 Å². The first-order valence-corrected chi connectivity index (χ1v) is 6.13. The number of benzene rings is 1. The second kappa shape index (κ2) is 4.18. The van der Waals surface area contributed by atoms with Gasteiger partial charge in [0.15, 0.2) is 0 Å². The van der Waals surface area contributed by atoms with Crippen molar-refractivity contribution in [2.75, 3.05) is 11.4 Å². The molecule has 0 aromatic heterocycles. The first kappa shape index (κ1) is 11.0. The van der Waals surface area contributed by atoms with E-state index in [1.54, 1.807) is 6.92 Å². The van der Waals surface area contributed by atoms with Gasteiger partial charge >= 0.3 is 0 Å². The van der Waals surface area contributed by atoms with E-state index in [2.05, 4.69) is 34.6 Å². The van der Waals surface area contributed by atoms with Crippen LogP contribution in [-0.4, -0.2) is 12.5 Å². The van der Waals surface area contributed by atoms with E-state index in [0.717, 1.165) is 34.4 Å². The summed E-state index contributed by atoms with van der Waals surface area (Å²) >= 11 is 7.81. The first-order valence-electron chi connectivity index (χ1n) is 4.89. The summed E-state index contributed by atoms with van der Waals surface area (Å²) < 4.78 is 0.995. The monoisotopic (exact) mass is 285 g/mol. The minimum atomic E-state index is 0.103. The molecule has 0 bridgehead atoms. The summed E-state index contributed by atoms with van der Waals surface area (Å²) in [7, 11) is 0. The summed E-state index contributed by atoms with van der Waals surface area (Å²) in [6.07, 6.45) is 2.07. The summed E-state index contributed by atoms with van der Waals surface area (Å²) in [5.74, 6) is 0.103. The normalized spacial score (nSPS) is 15.0. The number of anilines is 1. The van der Waals surface area contributed by atoms with Crippen LogP contribution >= 0.6 is 28.6 Å². The number of fused-ring (bicyclic) bond motifs is 1. The van der Waals surface area contributed by atoms with E-state index < -0.39 is 0 Å². The number of carbonyl (C=O) groups is 1. The number of carbonyl (C=O) groups excluding carboxylic acids is 1. The molecule has 0 N–H and O–H groups in total. The van der Waals surface area contributed by atoms with E-state index in [9.17, 15) is 4.79 Å². The topological polar surface area (TPSA) is 20.3 Å². The second-order valence-electron chi connectivity index (χ2n) is 3.71. The summed E-state index contributed by atoms with van der Waals surface area (Å²) in [6, 6.07) is 4.02. The number of thiol groups is 1. The number of hydrogen-bond acceptors (Lipinski definition) is 2. The lowest BCUT2D eigenvalue weighted by molar-refractivity contribution is -0.116. The molecule has 1 heterocycles. The third kappa shape index (κ3) is 2.06. The Labute approximate surface area is 103 Å². The predicted octanol–water partition coefficient (Wildman–Crippen LogP) is 3.04. The van der Waals surface area contributed by atoms with Crippen molar-refractivity contribution in [2.45, 2.75) is 24.7 Å². The van der Waals surface area contributed by atoms with Crippen molar-refractivity contribution >= 4 is 40.2 Å². The van der Waals surface area contributed by atoms with Crippen molar-refractivity contribution in [3.05, 3.63) is 22.2 Å². The van der Waals surface area contributed by atoms with E-state index in [1.165, 1.54) is 5.56 Å². The Kier molecular flexibility index (Phi) is 3.07. The van der Waals surface area contributed by atoms with Crippen LogP contribution in [0.15, 0.2) is 21.5 Å². The molecule has 80 valence electrons. The Bertz CT molecular complexity index is 419. The zero-order valence-electron chi connectivity index (χ0n) is 8.46. The molecule has 1 amide bonds. The van der Waals surface area contributed by atoms with Gasteiger partial charge in [-0.15, -0.1) is 12.6 Å². The van der Waals surface area contributed by atoms with Crippen molar-refractivity contribution in [2.24, 2.45) is 0 Å². The molecule has 2 nitrogen and oxygen atoms in total. The molecule has 0 saturated heterocycles.